The summed E-state index contributed by atoms with van der Waals surface area (Å²) < 4.78 is 9.28. The zero-order valence-electron chi connectivity index (χ0n) is 15.2. The van der Waals surface area contributed by atoms with Crippen LogP contribution in [-0.4, -0.2) is 26.9 Å². The van der Waals surface area contributed by atoms with Gasteiger partial charge in [-0.2, -0.15) is 0 Å². The van der Waals surface area contributed by atoms with Gasteiger partial charge in [0.2, 0.25) is 0 Å². The fourth-order valence-corrected chi connectivity index (χ4v) is 3.04. The van der Waals surface area contributed by atoms with E-state index in [1.807, 2.05) is 26.8 Å². The van der Waals surface area contributed by atoms with Crippen molar-refractivity contribution in [3.63, 3.8) is 0 Å². The summed E-state index contributed by atoms with van der Waals surface area (Å²) >= 11 is 1.08. The molecule has 3 rings (SSSR count). The molecule has 27 heavy (non-hydrogen) atoms. The third-order valence-corrected chi connectivity index (χ3v) is 4.15. The molecule has 3 aromatic rings. The molecule has 0 spiro atoms. The Morgan fingerprint density at radius 2 is 1.89 bits per heavy atom. The van der Waals surface area contributed by atoms with Crippen LogP contribution in [0.1, 0.15) is 43.1 Å². The van der Waals surface area contributed by atoms with Gasteiger partial charge >= 0.3 is 0 Å². The molecule has 0 saturated heterocycles. The predicted molar refractivity (Wildman–Crippen MR) is 103 cm³/mol. The number of carbonyl (C=O) groups excluding carboxylic acids is 2. The van der Waals surface area contributed by atoms with Crippen LogP contribution in [0.2, 0.25) is 0 Å². The summed E-state index contributed by atoms with van der Waals surface area (Å²) in [4.78, 5) is 27.8. The summed E-state index contributed by atoms with van der Waals surface area (Å²) in [5.41, 5.74) is 0.250. The lowest BCUT2D eigenvalue weighted by molar-refractivity contribution is -0.124. The summed E-state index contributed by atoms with van der Waals surface area (Å²) in [5.74, 6) is -0.421. The monoisotopic (exact) mass is 384 g/mol. The van der Waals surface area contributed by atoms with Crippen LogP contribution < -0.4 is 10.2 Å². The fraction of sp³-hybridized carbons (Fsp3) is 0.263. The lowest BCUT2D eigenvalue weighted by Gasteiger charge is -2.31. The smallest absolute Gasteiger partial charge is 0.280 e. The van der Waals surface area contributed by atoms with E-state index in [1.54, 1.807) is 41.8 Å². The first kappa shape index (κ1) is 18.8. The molecule has 1 atom stereocenters. The molecule has 8 heteroatoms. The highest BCUT2D eigenvalue weighted by Crippen LogP contribution is 2.30. The Morgan fingerprint density at radius 3 is 2.44 bits per heavy atom. The van der Waals surface area contributed by atoms with Gasteiger partial charge in [-0.1, -0.05) is 22.7 Å². The SMILES string of the molecule is CC(C)(C)NC(=O)[C@H](c1ccco1)N(C(=O)c1csnn1)c1ccccc1. The molecule has 0 aliphatic rings. The maximum atomic E-state index is 13.2. The number of rotatable bonds is 5. The van der Waals surface area contributed by atoms with Gasteiger partial charge in [-0.15, -0.1) is 5.10 Å². The Labute approximate surface area is 161 Å². The molecule has 2 amide bonds. The Kier molecular flexibility index (Phi) is 5.36. The number of amides is 2. The number of hydrogen-bond donors (Lipinski definition) is 1. The molecular weight excluding hydrogens is 364 g/mol. The highest BCUT2D eigenvalue weighted by atomic mass is 32.1. The van der Waals surface area contributed by atoms with Crippen molar-refractivity contribution in [3.8, 4) is 0 Å². The van der Waals surface area contributed by atoms with Crippen LogP contribution in [-0.2, 0) is 4.79 Å². The minimum absolute atomic E-state index is 0.170. The minimum Gasteiger partial charge on any atom is -0.467 e. The van der Waals surface area contributed by atoms with Gasteiger partial charge in [0.25, 0.3) is 11.8 Å². The second-order valence-corrected chi connectivity index (χ2v) is 7.57. The number of para-hydroxylation sites is 1. The Bertz CT molecular complexity index is 887. The van der Waals surface area contributed by atoms with Gasteiger partial charge in [-0.3, -0.25) is 14.5 Å². The van der Waals surface area contributed by atoms with Crippen LogP contribution >= 0.6 is 11.5 Å². The highest BCUT2D eigenvalue weighted by molar-refractivity contribution is 7.03. The van der Waals surface area contributed by atoms with Crippen molar-refractivity contribution in [2.75, 3.05) is 4.90 Å². The summed E-state index contributed by atoms with van der Waals surface area (Å²) in [5, 5.41) is 8.36. The Balaban J connectivity index is 2.10. The largest absolute Gasteiger partial charge is 0.467 e. The first-order valence-corrected chi connectivity index (χ1v) is 9.21. The molecule has 7 nitrogen and oxygen atoms in total. The predicted octanol–water partition coefficient (Wildman–Crippen LogP) is 3.43. The second kappa shape index (κ2) is 7.71. The van der Waals surface area contributed by atoms with E-state index in [0.29, 0.717) is 11.4 Å². The molecule has 2 aromatic heterocycles. The molecule has 1 aromatic carbocycles. The Hall–Kier alpha value is -3.00. The summed E-state index contributed by atoms with van der Waals surface area (Å²) in [7, 11) is 0. The molecule has 0 radical (unpaired) electrons. The highest BCUT2D eigenvalue weighted by Gasteiger charge is 2.37. The quantitative estimate of drug-likeness (QED) is 0.728. The van der Waals surface area contributed by atoms with E-state index < -0.39 is 17.5 Å². The summed E-state index contributed by atoms with van der Waals surface area (Å²) in [6.07, 6.45) is 1.48. The van der Waals surface area contributed by atoms with E-state index in [9.17, 15) is 9.59 Å². The maximum absolute atomic E-state index is 13.2. The van der Waals surface area contributed by atoms with Crippen LogP contribution in [0.15, 0.2) is 58.5 Å². The number of hydrogen-bond acceptors (Lipinski definition) is 6. The van der Waals surface area contributed by atoms with Gasteiger partial charge in [0.15, 0.2) is 11.7 Å². The summed E-state index contributed by atoms with van der Waals surface area (Å²) in [6.45, 7) is 5.63. The first-order valence-electron chi connectivity index (χ1n) is 8.38. The number of anilines is 1. The standard InChI is InChI=1S/C19H20N4O3S/c1-19(2,3)20-17(24)16(15-10-7-11-26-15)23(13-8-5-4-6-9-13)18(25)14-12-27-22-21-14/h4-12,16H,1-3H3,(H,20,24)/t16-/m0/s1. The molecule has 1 N–H and O–H groups in total. The molecule has 0 aliphatic carbocycles. The third kappa shape index (κ3) is 4.40. The van der Waals surface area contributed by atoms with Crippen molar-refractivity contribution < 1.29 is 14.0 Å². The van der Waals surface area contributed by atoms with E-state index in [1.165, 1.54) is 11.2 Å². The number of furan rings is 1. The van der Waals surface area contributed by atoms with E-state index in [2.05, 4.69) is 14.9 Å². The van der Waals surface area contributed by atoms with Crippen molar-refractivity contribution in [1.82, 2.24) is 14.9 Å². The lowest BCUT2D eigenvalue weighted by Crippen LogP contribution is -2.49. The fourth-order valence-electron chi connectivity index (χ4n) is 2.61. The van der Waals surface area contributed by atoms with E-state index in [0.717, 1.165) is 11.5 Å². The zero-order valence-corrected chi connectivity index (χ0v) is 16.1. The molecule has 2 heterocycles. The normalized spacial score (nSPS) is 12.4. The van der Waals surface area contributed by atoms with E-state index >= 15 is 0 Å². The van der Waals surface area contributed by atoms with Crippen LogP contribution in [0.25, 0.3) is 0 Å². The van der Waals surface area contributed by atoms with E-state index in [4.69, 9.17) is 4.42 Å². The molecular formula is C19H20N4O3S. The van der Waals surface area contributed by atoms with Crippen LogP contribution in [0, 0.1) is 0 Å². The van der Waals surface area contributed by atoms with Gasteiger partial charge < -0.3 is 9.73 Å². The molecule has 0 unspecified atom stereocenters. The van der Waals surface area contributed by atoms with Crippen LogP contribution in [0.5, 0.6) is 0 Å². The van der Waals surface area contributed by atoms with Crippen molar-refractivity contribution >= 4 is 29.0 Å². The average Bonchev–Trinajstić information content (AvgIpc) is 3.31. The van der Waals surface area contributed by atoms with Crippen molar-refractivity contribution in [3.05, 3.63) is 65.6 Å². The topological polar surface area (TPSA) is 88.3 Å². The van der Waals surface area contributed by atoms with Gasteiger partial charge in [0.05, 0.1) is 6.26 Å². The number of nitrogens with zero attached hydrogens (tertiary/aromatic N) is 3. The number of nitrogens with one attached hydrogen (secondary N) is 1. The van der Waals surface area contributed by atoms with Gasteiger partial charge in [0.1, 0.15) is 5.76 Å². The van der Waals surface area contributed by atoms with Crippen molar-refractivity contribution in [2.24, 2.45) is 0 Å². The molecule has 0 bridgehead atoms. The number of benzene rings is 1. The Morgan fingerprint density at radius 1 is 1.15 bits per heavy atom. The van der Waals surface area contributed by atoms with Crippen molar-refractivity contribution in [2.45, 2.75) is 32.4 Å². The van der Waals surface area contributed by atoms with Gasteiger partial charge in [-0.25, -0.2) is 0 Å². The zero-order chi connectivity index (χ0) is 19.4. The minimum atomic E-state index is -0.990. The third-order valence-electron chi connectivity index (χ3n) is 3.65. The maximum Gasteiger partial charge on any atom is 0.280 e. The first-order chi connectivity index (χ1) is 12.9. The van der Waals surface area contributed by atoms with Crippen LogP contribution in [0.3, 0.4) is 0 Å². The van der Waals surface area contributed by atoms with Crippen molar-refractivity contribution in [1.29, 1.82) is 0 Å². The molecule has 0 fully saturated rings. The van der Waals surface area contributed by atoms with E-state index in [-0.39, 0.29) is 11.6 Å². The van der Waals surface area contributed by atoms with Crippen LogP contribution in [0.4, 0.5) is 5.69 Å². The number of carbonyl (C=O) groups is 2. The molecule has 140 valence electrons. The number of aromatic nitrogens is 2. The van der Waals surface area contributed by atoms with Gasteiger partial charge in [0, 0.05) is 16.6 Å². The lowest BCUT2D eigenvalue weighted by atomic mass is 10.1. The summed E-state index contributed by atoms with van der Waals surface area (Å²) in [6, 6.07) is 11.3. The molecule has 0 saturated carbocycles. The van der Waals surface area contributed by atoms with Gasteiger partial charge in [-0.05, 0) is 56.6 Å². The molecule has 0 aliphatic heterocycles. The average molecular weight is 384 g/mol. The second-order valence-electron chi connectivity index (χ2n) is 6.96.